The largest absolute Gasteiger partial charge is 0.355 e. The van der Waals surface area contributed by atoms with Gasteiger partial charge in [-0.3, -0.25) is 9.69 Å². The van der Waals surface area contributed by atoms with Gasteiger partial charge in [-0.1, -0.05) is 30.3 Å². The standard InChI is InChI=1S/C20H23N5O/c1-21-20(26)17-12-23-25-18(9-10-22-19(17)25)16-8-5-11-24(14-16)13-15-6-3-2-4-7-15/h2-4,6-7,9-10,12,16H,5,8,11,13-14H2,1H3,(H,21,26). The molecule has 1 saturated heterocycles. The van der Waals surface area contributed by atoms with E-state index in [9.17, 15) is 4.79 Å². The van der Waals surface area contributed by atoms with Crippen LogP contribution in [0.5, 0.6) is 0 Å². The highest BCUT2D eigenvalue weighted by molar-refractivity contribution is 5.99. The summed E-state index contributed by atoms with van der Waals surface area (Å²) in [7, 11) is 1.62. The molecule has 1 atom stereocenters. The molecule has 0 spiro atoms. The summed E-state index contributed by atoms with van der Waals surface area (Å²) >= 11 is 0. The molecule has 2 aromatic heterocycles. The summed E-state index contributed by atoms with van der Waals surface area (Å²) < 4.78 is 1.83. The first-order valence-electron chi connectivity index (χ1n) is 9.07. The van der Waals surface area contributed by atoms with Crippen molar-refractivity contribution in [2.75, 3.05) is 20.1 Å². The number of likely N-dealkylation sites (tertiary alicyclic amines) is 1. The Hall–Kier alpha value is -2.73. The predicted molar refractivity (Wildman–Crippen MR) is 100 cm³/mol. The number of nitrogens with zero attached hydrogens (tertiary/aromatic N) is 4. The summed E-state index contributed by atoms with van der Waals surface area (Å²) in [6.07, 6.45) is 5.68. The predicted octanol–water partition coefficient (Wildman–Crippen LogP) is 2.47. The van der Waals surface area contributed by atoms with Gasteiger partial charge in [-0.25, -0.2) is 9.50 Å². The highest BCUT2D eigenvalue weighted by atomic mass is 16.1. The molecule has 6 heteroatoms. The van der Waals surface area contributed by atoms with Gasteiger partial charge < -0.3 is 5.32 Å². The van der Waals surface area contributed by atoms with Crippen molar-refractivity contribution in [3.8, 4) is 0 Å². The quantitative estimate of drug-likeness (QED) is 0.786. The number of carbonyl (C=O) groups is 1. The number of benzene rings is 1. The van der Waals surface area contributed by atoms with Crippen LogP contribution in [0.1, 0.15) is 40.4 Å². The number of fused-ring (bicyclic) bond motifs is 1. The number of hydrogen-bond acceptors (Lipinski definition) is 4. The molecule has 6 nitrogen and oxygen atoms in total. The van der Waals surface area contributed by atoms with Crippen molar-refractivity contribution in [1.29, 1.82) is 0 Å². The molecule has 0 radical (unpaired) electrons. The SMILES string of the molecule is CNC(=O)c1cnn2c(C3CCCN(Cc4ccccc4)C3)ccnc12. The first kappa shape index (κ1) is 16.7. The highest BCUT2D eigenvalue weighted by Gasteiger charge is 2.25. The molecule has 3 heterocycles. The van der Waals surface area contributed by atoms with Crippen LogP contribution in [-0.2, 0) is 6.54 Å². The molecule has 1 aliphatic rings. The third kappa shape index (κ3) is 3.20. The molecule has 1 fully saturated rings. The van der Waals surface area contributed by atoms with Crippen LogP contribution < -0.4 is 5.32 Å². The molecule has 1 unspecified atom stereocenters. The van der Waals surface area contributed by atoms with E-state index in [2.05, 4.69) is 50.6 Å². The number of piperidine rings is 1. The zero-order valence-electron chi connectivity index (χ0n) is 14.9. The van der Waals surface area contributed by atoms with Crippen molar-refractivity contribution in [3.63, 3.8) is 0 Å². The molecule has 1 aliphatic heterocycles. The van der Waals surface area contributed by atoms with E-state index in [0.29, 0.717) is 17.1 Å². The third-order valence-corrected chi connectivity index (χ3v) is 5.07. The Labute approximate surface area is 152 Å². The van der Waals surface area contributed by atoms with Gasteiger partial charge in [0.15, 0.2) is 5.65 Å². The molecule has 0 saturated carbocycles. The van der Waals surface area contributed by atoms with Gasteiger partial charge in [0, 0.05) is 32.3 Å². The van der Waals surface area contributed by atoms with E-state index in [1.807, 2.05) is 10.6 Å². The summed E-state index contributed by atoms with van der Waals surface area (Å²) in [4.78, 5) is 18.9. The van der Waals surface area contributed by atoms with Gasteiger partial charge in [0.25, 0.3) is 5.91 Å². The van der Waals surface area contributed by atoms with E-state index in [1.54, 1.807) is 19.4 Å². The minimum absolute atomic E-state index is 0.154. The fraction of sp³-hybridized carbons (Fsp3) is 0.350. The van der Waals surface area contributed by atoms with Gasteiger partial charge in [-0.15, -0.1) is 0 Å². The Balaban J connectivity index is 1.59. The van der Waals surface area contributed by atoms with Crippen LogP contribution in [-0.4, -0.2) is 45.5 Å². The first-order valence-corrected chi connectivity index (χ1v) is 9.07. The minimum Gasteiger partial charge on any atom is -0.355 e. The maximum absolute atomic E-state index is 12.0. The molecule has 26 heavy (non-hydrogen) atoms. The van der Waals surface area contributed by atoms with Crippen molar-refractivity contribution >= 4 is 11.6 Å². The fourth-order valence-corrected chi connectivity index (χ4v) is 3.80. The van der Waals surface area contributed by atoms with Crippen LogP contribution in [0.2, 0.25) is 0 Å². The molecule has 1 aromatic carbocycles. The van der Waals surface area contributed by atoms with Crippen molar-refractivity contribution < 1.29 is 4.79 Å². The van der Waals surface area contributed by atoms with Crippen LogP contribution in [0.3, 0.4) is 0 Å². The summed E-state index contributed by atoms with van der Waals surface area (Å²) in [6, 6.07) is 12.6. The topological polar surface area (TPSA) is 62.5 Å². The molecule has 3 aromatic rings. The fourth-order valence-electron chi connectivity index (χ4n) is 3.80. The van der Waals surface area contributed by atoms with Crippen molar-refractivity contribution in [2.45, 2.75) is 25.3 Å². The monoisotopic (exact) mass is 349 g/mol. The second-order valence-corrected chi connectivity index (χ2v) is 6.80. The van der Waals surface area contributed by atoms with Gasteiger partial charge in [0.05, 0.1) is 11.9 Å². The molecule has 1 N–H and O–H groups in total. The molecule has 4 rings (SSSR count). The van der Waals surface area contributed by atoms with E-state index in [1.165, 1.54) is 5.56 Å². The van der Waals surface area contributed by atoms with Crippen LogP contribution >= 0.6 is 0 Å². The minimum atomic E-state index is -0.154. The lowest BCUT2D eigenvalue weighted by Gasteiger charge is -2.33. The first-order chi connectivity index (χ1) is 12.8. The molecule has 0 aliphatic carbocycles. The number of rotatable bonds is 4. The second kappa shape index (κ2) is 7.25. The number of carbonyl (C=O) groups excluding carboxylic acids is 1. The number of hydrogen-bond donors (Lipinski definition) is 1. The van der Waals surface area contributed by atoms with E-state index in [4.69, 9.17) is 0 Å². The third-order valence-electron chi connectivity index (χ3n) is 5.07. The maximum atomic E-state index is 12.0. The zero-order valence-corrected chi connectivity index (χ0v) is 14.9. The zero-order chi connectivity index (χ0) is 17.9. The van der Waals surface area contributed by atoms with E-state index in [-0.39, 0.29) is 5.91 Å². The molecule has 1 amide bonds. The maximum Gasteiger partial charge on any atom is 0.256 e. The Morgan fingerprint density at radius 1 is 1.27 bits per heavy atom. The summed E-state index contributed by atoms with van der Waals surface area (Å²) in [6.45, 7) is 3.07. The lowest BCUT2D eigenvalue weighted by molar-refractivity contribution is 0.0964. The Bertz CT molecular complexity index is 905. The molecular weight excluding hydrogens is 326 g/mol. The van der Waals surface area contributed by atoms with E-state index < -0.39 is 0 Å². The summed E-state index contributed by atoms with van der Waals surface area (Å²) in [5.41, 5.74) is 3.62. The Morgan fingerprint density at radius 3 is 2.92 bits per heavy atom. The molecule has 134 valence electrons. The Kier molecular flexibility index (Phi) is 4.67. The summed E-state index contributed by atoms with van der Waals surface area (Å²) in [5.74, 6) is 0.231. The van der Waals surface area contributed by atoms with Crippen LogP contribution in [0.15, 0.2) is 48.8 Å². The number of amides is 1. The average molecular weight is 349 g/mol. The summed E-state index contributed by atoms with van der Waals surface area (Å²) in [5, 5.41) is 7.10. The number of aromatic nitrogens is 3. The Morgan fingerprint density at radius 2 is 2.12 bits per heavy atom. The van der Waals surface area contributed by atoms with Crippen molar-refractivity contribution in [3.05, 3.63) is 65.6 Å². The van der Waals surface area contributed by atoms with Gasteiger partial charge in [0.1, 0.15) is 5.56 Å². The number of nitrogens with one attached hydrogen (secondary N) is 1. The molecular formula is C20H23N5O. The van der Waals surface area contributed by atoms with Gasteiger partial charge >= 0.3 is 0 Å². The second-order valence-electron chi connectivity index (χ2n) is 6.80. The molecule has 0 bridgehead atoms. The average Bonchev–Trinajstić information content (AvgIpc) is 3.12. The normalized spacial score (nSPS) is 18.1. The van der Waals surface area contributed by atoms with Crippen LogP contribution in [0.4, 0.5) is 0 Å². The van der Waals surface area contributed by atoms with Gasteiger partial charge in [-0.05, 0) is 31.0 Å². The van der Waals surface area contributed by atoms with Gasteiger partial charge in [-0.2, -0.15) is 5.10 Å². The smallest absolute Gasteiger partial charge is 0.256 e. The van der Waals surface area contributed by atoms with E-state index in [0.717, 1.165) is 38.2 Å². The van der Waals surface area contributed by atoms with Crippen molar-refractivity contribution in [2.24, 2.45) is 0 Å². The lowest BCUT2D eigenvalue weighted by Crippen LogP contribution is -2.34. The lowest BCUT2D eigenvalue weighted by atomic mass is 9.94. The highest BCUT2D eigenvalue weighted by Crippen LogP contribution is 2.28. The van der Waals surface area contributed by atoms with Crippen molar-refractivity contribution in [1.82, 2.24) is 24.8 Å². The van der Waals surface area contributed by atoms with Crippen LogP contribution in [0, 0.1) is 0 Å². The van der Waals surface area contributed by atoms with Gasteiger partial charge in [0.2, 0.25) is 0 Å². The van der Waals surface area contributed by atoms with Crippen LogP contribution in [0.25, 0.3) is 5.65 Å². The van der Waals surface area contributed by atoms with E-state index >= 15 is 0 Å².